The predicted octanol–water partition coefficient (Wildman–Crippen LogP) is 4.91. The van der Waals surface area contributed by atoms with Gasteiger partial charge in [0.2, 0.25) is 6.08 Å². The molecule has 33 heteroatoms. The molecule has 0 bridgehead atoms. The molecule has 29 nitrogen and oxygen atoms in total. The van der Waals surface area contributed by atoms with Gasteiger partial charge in [0.15, 0.2) is 0 Å². The monoisotopic (exact) mass is 1350 g/mol. The number of benzene rings is 4. The van der Waals surface area contributed by atoms with Crippen LogP contribution in [0.2, 0.25) is 25.2 Å². The third-order valence-corrected chi connectivity index (χ3v) is 18.2. The Hall–Kier alpha value is -5.79. The maximum absolute atomic E-state index is 11.9. The number of ether oxygens (including phenoxy) is 1. The molecule has 0 saturated carbocycles. The number of aliphatic imine (C=N–C) groups is 1. The van der Waals surface area contributed by atoms with E-state index in [0.29, 0.717) is 109 Å². The molecule has 0 aliphatic heterocycles. The van der Waals surface area contributed by atoms with Crippen molar-refractivity contribution in [1.82, 2.24) is 5.32 Å². The fourth-order valence-electron chi connectivity index (χ4n) is 8.15. The van der Waals surface area contributed by atoms with Crippen molar-refractivity contribution >= 4 is 81.5 Å². The van der Waals surface area contributed by atoms with E-state index in [1.54, 1.807) is 72.8 Å². The van der Waals surface area contributed by atoms with Crippen LogP contribution in [-0.4, -0.2) is 210 Å². The van der Waals surface area contributed by atoms with Gasteiger partial charge in [-0.05, 0) is 166 Å². The summed E-state index contributed by atoms with van der Waals surface area (Å²) in [6, 6.07) is 31.5. The van der Waals surface area contributed by atoms with Crippen LogP contribution in [0.1, 0.15) is 40.5 Å². The summed E-state index contributed by atoms with van der Waals surface area (Å²) in [5.41, 5.74) is 4.62. The predicted molar refractivity (Wildman–Crippen MR) is 358 cm³/mol. The minimum atomic E-state index is -2.16. The number of hydrogen-bond donors (Lipinski definition) is 8. The van der Waals surface area contributed by atoms with Gasteiger partial charge < -0.3 is 93.2 Å². The minimum absolute atomic E-state index is 0. The average molecular weight is 1350 g/mol. The van der Waals surface area contributed by atoms with Crippen LogP contribution < -0.4 is 54.5 Å². The maximum atomic E-state index is 11.9. The molecule has 0 atom stereocenters. The first-order chi connectivity index (χ1) is 43.1. The normalized spacial score (nSPS) is 10.1. The van der Waals surface area contributed by atoms with Gasteiger partial charge in [0.05, 0.1) is 59.3 Å². The Kier molecular flexibility index (Phi) is 62.1. The van der Waals surface area contributed by atoms with Gasteiger partial charge >= 0.3 is 52.8 Å². The number of nitroso groups, excluding NO2 is 3. The van der Waals surface area contributed by atoms with Gasteiger partial charge in [0.1, 0.15) is 23.7 Å². The Balaban J connectivity index is -0.000000531. The summed E-state index contributed by atoms with van der Waals surface area (Å²) < 4.78 is 28.0. The van der Waals surface area contributed by atoms with Crippen LogP contribution in [0.5, 0.6) is 0 Å². The van der Waals surface area contributed by atoms with Crippen LogP contribution >= 0.6 is 12.4 Å². The van der Waals surface area contributed by atoms with Crippen molar-refractivity contribution < 1.29 is 97.3 Å². The summed E-state index contributed by atoms with van der Waals surface area (Å²) in [4.78, 5) is 71.6. The molecule has 4 aromatic carbocycles. The summed E-state index contributed by atoms with van der Waals surface area (Å²) in [5.74, 6) is 0. The van der Waals surface area contributed by atoms with Gasteiger partial charge in [-0.25, -0.2) is 14.6 Å². The fraction of sp³-hybridized carbons (Fsp3) is 0.552. The van der Waals surface area contributed by atoms with Crippen LogP contribution in [-0.2, 0) is 27.2 Å². The number of anilines is 4. The second kappa shape index (κ2) is 61.7. The molecule has 8 N–H and O–H groups in total. The van der Waals surface area contributed by atoms with Crippen LogP contribution in [0, 0.1) is 24.8 Å². The fourth-order valence-corrected chi connectivity index (χ4v) is 13.0. The Labute approximate surface area is 564 Å². The topological polar surface area (TPSA) is 400 Å². The molecular weight excluding hydrogens is 1260 g/mol. The third-order valence-electron chi connectivity index (χ3n) is 12.1. The van der Waals surface area contributed by atoms with Crippen molar-refractivity contribution in [3.8, 4) is 0 Å². The number of rotatable bonds is 40. The van der Waals surface area contributed by atoms with E-state index in [2.05, 4.69) is 25.8 Å². The standard InChI is InChI=1S/C19H33N3O6Si.2C10H14N2O3.C10H15NO2.C9H19NO3Si.ClH.HNO2.Na/c1-4-27-29(3,28-5-2)16-6-11-20-19(24)26-15-13-22(12-14-23)18-9-7-17(21-25)8-10-18;2*13-7-5-12(6-8-14)10-3-1-9(11-15)2-4-10;12-8-6-11(7-9-13)10-4-2-1-3-5-10;1-4-12-14(3,13-5-2)8-6-7-10-9-11;;2-1-3;/h7-10,23H,4-6,11-16H2,1-3H3,(H,20,24);2*1-4,13-14H,5-8H2;1-5,12-13H,6-9H2;4-8H2,1-3H3;1H;(H,2,3);/q;;;;;;;+1/p-1. The van der Waals surface area contributed by atoms with Gasteiger partial charge in [-0.3, -0.25) is 0 Å². The minimum Gasteiger partial charge on any atom is -0.448 e. The van der Waals surface area contributed by atoms with E-state index in [0.717, 1.165) is 53.0 Å². The quantitative estimate of drug-likeness (QED) is 0.00732. The molecular formula is C58H96ClN10NaO19Si2. The number of para-hydroxylation sites is 1. The largest absolute Gasteiger partial charge is 1.00 e. The zero-order valence-electron chi connectivity index (χ0n) is 53.7. The molecule has 508 valence electrons. The van der Waals surface area contributed by atoms with Crippen molar-refractivity contribution in [2.24, 2.45) is 25.9 Å². The summed E-state index contributed by atoms with van der Waals surface area (Å²) in [5, 5.41) is 82.4. The Morgan fingerprint density at radius 3 is 1.05 bits per heavy atom. The number of carbonyl (C=O) groups excluding carboxylic acids is 2. The van der Waals surface area contributed by atoms with E-state index < -0.39 is 23.2 Å². The van der Waals surface area contributed by atoms with Crippen molar-refractivity contribution in [2.45, 2.75) is 65.7 Å². The number of carbonyl (C=O) groups is 1. The number of aliphatic hydroxyl groups is 7. The molecule has 0 aliphatic rings. The molecule has 1 amide bonds. The summed E-state index contributed by atoms with van der Waals surface area (Å²) in [6.45, 7) is 19.7. The molecule has 0 aliphatic carbocycles. The number of amides is 1. The molecule has 4 aromatic rings. The molecule has 0 heterocycles. The molecule has 0 spiro atoms. The van der Waals surface area contributed by atoms with Gasteiger partial charge in [-0.2, -0.15) is 0 Å². The number of nitrogens with zero attached hydrogens (tertiary/aromatic N) is 9. The van der Waals surface area contributed by atoms with Crippen molar-refractivity contribution in [3.63, 3.8) is 0 Å². The van der Waals surface area contributed by atoms with Crippen LogP contribution in [0.15, 0.2) is 129 Å². The van der Waals surface area contributed by atoms with Gasteiger partial charge in [-0.15, -0.1) is 32.5 Å². The molecule has 0 fully saturated rings. The number of alkyl carbamates (subject to hydrolysis) is 1. The first-order valence-electron chi connectivity index (χ1n) is 29.1. The Bertz CT molecular complexity index is 2340. The number of nitrogens with one attached hydrogen (secondary N) is 1. The third kappa shape index (κ3) is 45.2. The van der Waals surface area contributed by atoms with Crippen LogP contribution in [0.25, 0.3) is 0 Å². The Morgan fingerprint density at radius 2 is 0.780 bits per heavy atom. The number of isocyanates is 1. The summed E-state index contributed by atoms with van der Waals surface area (Å²) in [7, 11) is -4.15. The first kappa shape index (κ1) is 91.6. The average Bonchev–Trinajstić information content (AvgIpc) is 3.26. The van der Waals surface area contributed by atoms with E-state index in [-0.39, 0.29) is 94.8 Å². The molecule has 0 unspecified atom stereocenters. The second-order valence-corrected chi connectivity index (χ2v) is 25.2. The van der Waals surface area contributed by atoms with Crippen molar-refractivity contribution in [1.29, 1.82) is 0 Å². The maximum Gasteiger partial charge on any atom is 1.00 e. The zero-order valence-corrected chi connectivity index (χ0v) is 58.5. The van der Waals surface area contributed by atoms with Gasteiger partial charge in [0, 0.05) is 102 Å². The Morgan fingerprint density at radius 1 is 0.495 bits per heavy atom. The van der Waals surface area contributed by atoms with Crippen LogP contribution in [0.4, 0.5) is 44.6 Å². The number of halogens is 1. The zero-order chi connectivity index (χ0) is 66.8. The van der Waals surface area contributed by atoms with E-state index >= 15 is 0 Å². The number of hydrogen-bond acceptors (Lipinski definition) is 28. The van der Waals surface area contributed by atoms with E-state index in [9.17, 15) is 29.4 Å². The summed E-state index contributed by atoms with van der Waals surface area (Å²) in [6.07, 6.45) is 2.63. The smallest absolute Gasteiger partial charge is 0.448 e. The summed E-state index contributed by atoms with van der Waals surface area (Å²) >= 11 is 0. The molecule has 0 radical (unpaired) electrons. The van der Waals surface area contributed by atoms with E-state index in [4.69, 9.17) is 63.2 Å². The molecule has 0 aromatic heterocycles. The van der Waals surface area contributed by atoms with Gasteiger partial charge in [-0.1, -0.05) is 18.2 Å². The van der Waals surface area contributed by atoms with Crippen molar-refractivity contribution in [3.05, 3.63) is 128 Å². The molecule has 91 heavy (non-hydrogen) atoms. The SMILES string of the molecule is CCO[Si](C)(CCCN=C=O)OCC.CCO[Si](C)(CCCNC(=O)OCCN(CCO)c1ccc(N=O)cc1)OCC.Cl.O=N[O-].O=Nc1ccc(N(CCO)CCO)cc1.O=Nc1ccc(N(CCO)CCO)cc1.OCCN(CCO)c1ccccc1.[Na+]. The first-order valence-corrected chi connectivity index (χ1v) is 34.2. The number of aliphatic hydroxyl groups excluding tert-OH is 7. The molecule has 4 rings (SSSR count). The van der Waals surface area contributed by atoms with Crippen molar-refractivity contribution in [2.75, 3.05) is 164 Å². The molecule has 0 saturated heterocycles. The van der Waals surface area contributed by atoms with Crippen LogP contribution in [0.3, 0.4) is 0 Å². The van der Waals surface area contributed by atoms with Gasteiger partial charge in [0.25, 0.3) is 0 Å². The second-order valence-electron chi connectivity index (χ2n) is 18.5. The van der Waals surface area contributed by atoms with E-state index in [1.165, 1.54) is 6.08 Å². The van der Waals surface area contributed by atoms with E-state index in [1.807, 2.05) is 90.7 Å².